The minimum absolute atomic E-state index is 0.108. The molecule has 5 heteroatoms. The maximum atomic E-state index is 11.7. The first-order valence-electron chi connectivity index (χ1n) is 5.78. The fourth-order valence-electron chi connectivity index (χ4n) is 1.31. The first-order chi connectivity index (χ1) is 7.52. The molecule has 0 aromatic carbocycles. The standard InChI is InChI=1S/C11H22N2O3/c1-4-6-13(7-5-2)11(16)10(15)12-8-9(3)14/h9,14H,4-8H2,1-3H3,(H,12,15). The van der Waals surface area contributed by atoms with Crippen LogP contribution in [0.15, 0.2) is 0 Å². The van der Waals surface area contributed by atoms with Crippen molar-refractivity contribution < 1.29 is 14.7 Å². The molecule has 0 aromatic heterocycles. The Bertz CT molecular complexity index is 223. The van der Waals surface area contributed by atoms with E-state index in [1.807, 2.05) is 13.8 Å². The van der Waals surface area contributed by atoms with Crippen molar-refractivity contribution in [2.75, 3.05) is 19.6 Å². The lowest BCUT2D eigenvalue weighted by atomic mass is 10.3. The summed E-state index contributed by atoms with van der Waals surface area (Å²) in [5, 5.41) is 11.4. The normalized spacial score (nSPS) is 12.0. The minimum Gasteiger partial charge on any atom is -0.392 e. The summed E-state index contributed by atoms with van der Waals surface area (Å²) in [7, 11) is 0. The summed E-state index contributed by atoms with van der Waals surface area (Å²) >= 11 is 0. The van der Waals surface area contributed by atoms with Gasteiger partial charge >= 0.3 is 11.8 Å². The van der Waals surface area contributed by atoms with Crippen LogP contribution in [0.1, 0.15) is 33.6 Å². The molecule has 2 amide bonds. The molecule has 0 radical (unpaired) electrons. The van der Waals surface area contributed by atoms with E-state index in [9.17, 15) is 9.59 Å². The summed E-state index contributed by atoms with van der Waals surface area (Å²) in [5.41, 5.74) is 0. The van der Waals surface area contributed by atoms with Gasteiger partial charge in [0, 0.05) is 19.6 Å². The number of aliphatic hydroxyl groups excluding tert-OH is 1. The number of amides is 2. The van der Waals surface area contributed by atoms with Crippen molar-refractivity contribution in [1.82, 2.24) is 10.2 Å². The van der Waals surface area contributed by atoms with Gasteiger partial charge in [-0.2, -0.15) is 0 Å². The van der Waals surface area contributed by atoms with Crippen molar-refractivity contribution in [3.8, 4) is 0 Å². The van der Waals surface area contributed by atoms with E-state index in [4.69, 9.17) is 5.11 Å². The molecule has 1 atom stereocenters. The van der Waals surface area contributed by atoms with Gasteiger partial charge in [-0.25, -0.2) is 0 Å². The molecule has 16 heavy (non-hydrogen) atoms. The molecule has 0 saturated carbocycles. The van der Waals surface area contributed by atoms with E-state index in [0.717, 1.165) is 12.8 Å². The van der Waals surface area contributed by atoms with Crippen LogP contribution in [0.2, 0.25) is 0 Å². The Morgan fingerprint density at radius 2 is 1.75 bits per heavy atom. The van der Waals surface area contributed by atoms with Gasteiger partial charge in [0.15, 0.2) is 0 Å². The third-order valence-corrected chi connectivity index (χ3v) is 2.03. The molecule has 2 N–H and O–H groups in total. The quantitative estimate of drug-likeness (QED) is 0.637. The molecular weight excluding hydrogens is 208 g/mol. The van der Waals surface area contributed by atoms with Crippen LogP contribution in [0.25, 0.3) is 0 Å². The molecule has 0 bridgehead atoms. The predicted molar refractivity (Wildman–Crippen MR) is 61.9 cm³/mol. The lowest BCUT2D eigenvalue weighted by Crippen LogP contribution is -2.45. The van der Waals surface area contributed by atoms with E-state index in [0.29, 0.717) is 13.1 Å². The Hall–Kier alpha value is -1.10. The zero-order valence-electron chi connectivity index (χ0n) is 10.3. The molecule has 0 fully saturated rings. The van der Waals surface area contributed by atoms with Crippen molar-refractivity contribution in [1.29, 1.82) is 0 Å². The van der Waals surface area contributed by atoms with E-state index in [1.54, 1.807) is 6.92 Å². The van der Waals surface area contributed by atoms with Crippen LogP contribution in [0.4, 0.5) is 0 Å². The van der Waals surface area contributed by atoms with Crippen LogP contribution in [0, 0.1) is 0 Å². The highest BCUT2D eigenvalue weighted by Gasteiger charge is 2.20. The zero-order valence-corrected chi connectivity index (χ0v) is 10.3. The number of nitrogens with one attached hydrogen (secondary N) is 1. The summed E-state index contributed by atoms with van der Waals surface area (Å²) in [5.74, 6) is -1.15. The lowest BCUT2D eigenvalue weighted by molar-refractivity contribution is -0.146. The van der Waals surface area contributed by atoms with Crippen LogP contribution in [0.5, 0.6) is 0 Å². The Morgan fingerprint density at radius 1 is 1.25 bits per heavy atom. The van der Waals surface area contributed by atoms with Crippen LogP contribution < -0.4 is 5.32 Å². The van der Waals surface area contributed by atoms with Crippen molar-refractivity contribution in [3.05, 3.63) is 0 Å². The molecular formula is C11H22N2O3. The number of hydrogen-bond donors (Lipinski definition) is 2. The second-order valence-electron chi connectivity index (χ2n) is 3.85. The molecule has 0 aliphatic heterocycles. The Labute approximate surface area is 96.8 Å². The molecule has 1 unspecified atom stereocenters. The van der Waals surface area contributed by atoms with Crippen LogP contribution in [0.3, 0.4) is 0 Å². The number of rotatable bonds is 6. The highest BCUT2D eigenvalue weighted by Crippen LogP contribution is 1.95. The van der Waals surface area contributed by atoms with Crippen molar-refractivity contribution in [2.24, 2.45) is 0 Å². The Balaban J connectivity index is 4.19. The van der Waals surface area contributed by atoms with Gasteiger partial charge in [0.2, 0.25) is 0 Å². The fourth-order valence-corrected chi connectivity index (χ4v) is 1.31. The first-order valence-corrected chi connectivity index (χ1v) is 5.78. The molecule has 0 saturated heterocycles. The van der Waals surface area contributed by atoms with Gasteiger partial charge in [-0.05, 0) is 19.8 Å². The highest BCUT2D eigenvalue weighted by atomic mass is 16.3. The second-order valence-corrected chi connectivity index (χ2v) is 3.85. The highest BCUT2D eigenvalue weighted by molar-refractivity contribution is 6.35. The van der Waals surface area contributed by atoms with E-state index in [-0.39, 0.29) is 6.54 Å². The number of aliphatic hydroxyl groups is 1. The third kappa shape index (κ3) is 5.70. The molecule has 0 heterocycles. The van der Waals surface area contributed by atoms with E-state index < -0.39 is 17.9 Å². The number of hydrogen-bond acceptors (Lipinski definition) is 3. The monoisotopic (exact) mass is 230 g/mol. The molecule has 0 spiro atoms. The summed E-state index contributed by atoms with van der Waals surface area (Å²) in [6.45, 7) is 6.77. The van der Waals surface area contributed by atoms with Gasteiger partial charge < -0.3 is 15.3 Å². The van der Waals surface area contributed by atoms with E-state index in [1.165, 1.54) is 4.90 Å². The number of nitrogens with zero attached hydrogens (tertiary/aromatic N) is 1. The maximum Gasteiger partial charge on any atom is 0.311 e. The fraction of sp³-hybridized carbons (Fsp3) is 0.818. The maximum absolute atomic E-state index is 11.7. The molecule has 94 valence electrons. The zero-order chi connectivity index (χ0) is 12.6. The largest absolute Gasteiger partial charge is 0.392 e. The van der Waals surface area contributed by atoms with Crippen LogP contribution in [-0.4, -0.2) is 47.6 Å². The van der Waals surface area contributed by atoms with Gasteiger partial charge in [0.25, 0.3) is 0 Å². The Morgan fingerprint density at radius 3 is 2.12 bits per heavy atom. The summed E-state index contributed by atoms with van der Waals surface area (Å²) in [4.78, 5) is 24.6. The van der Waals surface area contributed by atoms with Gasteiger partial charge in [-0.15, -0.1) is 0 Å². The van der Waals surface area contributed by atoms with Crippen molar-refractivity contribution >= 4 is 11.8 Å². The van der Waals surface area contributed by atoms with E-state index in [2.05, 4.69) is 5.32 Å². The van der Waals surface area contributed by atoms with Gasteiger partial charge in [0.05, 0.1) is 6.10 Å². The lowest BCUT2D eigenvalue weighted by Gasteiger charge is -2.20. The van der Waals surface area contributed by atoms with Gasteiger partial charge in [-0.3, -0.25) is 9.59 Å². The van der Waals surface area contributed by atoms with E-state index >= 15 is 0 Å². The average Bonchev–Trinajstić information content (AvgIpc) is 2.24. The second kappa shape index (κ2) is 8.10. The van der Waals surface area contributed by atoms with Crippen LogP contribution in [-0.2, 0) is 9.59 Å². The third-order valence-electron chi connectivity index (χ3n) is 2.03. The van der Waals surface area contributed by atoms with Gasteiger partial charge in [0.1, 0.15) is 0 Å². The SMILES string of the molecule is CCCN(CCC)C(=O)C(=O)NCC(C)O. The number of carbonyl (C=O) groups excluding carboxylic acids is 2. The molecule has 5 nitrogen and oxygen atoms in total. The summed E-state index contributed by atoms with van der Waals surface area (Å²) < 4.78 is 0. The summed E-state index contributed by atoms with van der Waals surface area (Å²) in [6, 6.07) is 0. The number of carbonyl (C=O) groups is 2. The molecule has 0 aliphatic rings. The van der Waals surface area contributed by atoms with Crippen molar-refractivity contribution in [3.63, 3.8) is 0 Å². The summed E-state index contributed by atoms with van der Waals surface area (Å²) in [6.07, 6.45) is 1.02. The smallest absolute Gasteiger partial charge is 0.311 e. The first kappa shape index (κ1) is 14.9. The predicted octanol–water partition coefficient (Wildman–Crippen LogP) is 0.132. The van der Waals surface area contributed by atoms with Gasteiger partial charge in [-0.1, -0.05) is 13.8 Å². The topological polar surface area (TPSA) is 69.6 Å². The van der Waals surface area contributed by atoms with Crippen molar-refractivity contribution in [2.45, 2.75) is 39.7 Å². The molecule has 0 rings (SSSR count). The Kier molecular flexibility index (Phi) is 7.54. The molecule has 0 aromatic rings. The van der Waals surface area contributed by atoms with Crippen LogP contribution >= 0.6 is 0 Å². The average molecular weight is 230 g/mol. The molecule has 0 aliphatic carbocycles. The minimum atomic E-state index is -0.637.